The van der Waals surface area contributed by atoms with E-state index in [1.54, 1.807) is 0 Å². The molecule has 0 aromatic carbocycles. The molecule has 0 unspecified atom stereocenters. The fourth-order valence-corrected chi connectivity index (χ4v) is 1.89. The maximum absolute atomic E-state index is 11.7. The molecule has 1 N–H and O–H groups in total. The lowest BCUT2D eigenvalue weighted by molar-refractivity contribution is -0.173. The van der Waals surface area contributed by atoms with Crippen LogP contribution in [-0.4, -0.2) is 57.0 Å². The lowest BCUT2D eigenvalue weighted by Crippen LogP contribution is -2.27. The van der Waals surface area contributed by atoms with E-state index in [1.807, 2.05) is 0 Å². The van der Waals surface area contributed by atoms with Crippen molar-refractivity contribution < 1.29 is 17.9 Å². The first kappa shape index (κ1) is 14.7. The summed E-state index contributed by atoms with van der Waals surface area (Å²) in [7, 11) is 0. The van der Waals surface area contributed by atoms with Gasteiger partial charge >= 0.3 is 6.18 Å². The van der Waals surface area contributed by atoms with Gasteiger partial charge in [-0.2, -0.15) is 13.2 Å². The fraction of sp³-hybridized carbons (Fsp3) is 1.00. The number of alkyl halides is 3. The van der Waals surface area contributed by atoms with Crippen LogP contribution in [0.5, 0.6) is 0 Å². The maximum Gasteiger partial charge on any atom is 0.411 e. The molecule has 1 aliphatic rings. The molecule has 3 nitrogen and oxygen atoms in total. The van der Waals surface area contributed by atoms with Gasteiger partial charge < -0.3 is 15.0 Å². The van der Waals surface area contributed by atoms with Crippen molar-refractivity contribution in [2.45, 2.75) is 25.4 Å². The van der Waals surface area contributed by atoms with Crippen molar-refractivity contribution in [2.24, 2.45) is 0 Å². The van der Waals surface area contributed by atoms with Crippen LogP contribution in [0, 0.1) is 0 Å². The van der Waals surface area contributed by atoms with Crippen molar-refractivity contribution >= 4 is 0 Å². The Kier molecular flexibility index (Phi) is 6.84. The summed E-state index contributed by atoms with van der Waals surface area (Å²) in [6.07, 6.45) is -0.591. The molecule has 0 aromatic heterocycles. The molecule has 1 saturated heterocycles. The molecule has 1 aliphatic heterocycles. The second kappa shape index (κ2) is 7.89. The summed E-state index contributed by atoms with van der Waals surface area (Å²) in [6.45, 7) is 3.74. The molecule has 102 valence electrons. The monoisotopic (exact) mass is 254 g/mol. The van der Waals surface area contributed by atoms with Gasteiger partial charge in [0, 0.05) is 6.54 Å². The third-order valence-electron chi connectivity index (χ3n) is 2.72. The van der Waals surface area contributed by atoms with Crippen molar-refractivity contribution in [2.75, 3.05) is 45.9 Å². The van der Waals surface area contributed by atoms with Crippen LogP contribution in [0.1, 0.15) is 19.3 Å². The Bertz CT molecular complexity index is 194. The summed E-state index contributed by atoms with van der Waals surface area (Å²) in [5.41, 5.74) is 0. The first-order chi connectivity index (χ1) is 8.08. The maximum atomic E-state index is 11.7. The lowest BCUT2D eigenvalue weighted by atomic mass is 10.4. The van der Waals surface area contributed by atoms with Gasteiger partial charge in [0.05, 0.1) is 6.61 Å². The van der Waals surface area contributed by atoms with E-state index in [9.17, 15) is 13.2 Å². The quantitative estimate of drug-likeness (QED) is 0.666. The van der Waals surface area contributed by atoms with Crippen molar-refractivity contribution in [1.29, 1.82) is 0 Å². The number of halogens is 3. The Morgan fingerprint density at radius 2 is 1.82 bits per heavy atom. The molecule has 1 heterocycles. The molecule has 1 fully saturated rings. The number of hydrogen-bond donors (Lipinski definition) is 1. The minimum absolute atomic E-state index is 0.114. The Hall–Kier alpha value is -0.330. The average molecular weight is 254 g/mol. The summed E-state index contributed by atoms with van der Waals surface area (Å²) in [5, 5.41) is 3.08. The summed E-state index contributed by atoms with van der Waals surface area (Å²) < 4.78 is 39.6. The van der Waals surface area contributed by atoms with Gasteiger partial charge in [-0.25, -0.2) is 0 Å². The third kappa shape index (κ3) is 8.40. The molecular formula is C11H21F3N2O. The summed E-state index contributed by atoms with van der Waals surface area (Å²) in [4.78, 5) is 2.42. The lowest BCUT2D eigenvalue weighted by Gasteiger charge is -2.14. The summed E-state index contributed by atoms with van der Waals surface area (Å²) >= 11 is 0. The van der Waals surface area contributed by atoms with E-state index < -0.39 is 12.8 Å². The highest BCUT2D eigenvalue weighted by atomic mass is 19.4. The number of hydrogen-bond acceptors (Lipinski definition) is 3. The molecule has 1 rings (SSSR count). The zero-order chi connectivity index (χ0) is 12.6. The Morgan fingerprint density at radius 1 is 1.12 bits per heavy atom. The largest absolute Gasteiger partial charge is 0.411 e. The van der Waals surface area contributed by atoms with Crippen LogP contribution < -0.4 is 5.32 Å². The molecular weight excluding hydrogens is 233 g/mol. The highest BCUT2D eigenvalue weighted by molar-refractivity contribution is 4.66. The van der Waals surface area contributed by atoms with Crippen molar-refractivity contribution in [3.05, 3.63) is 0 Å². The number of nitrogens with zero attached hydrogens (tertiary/aromatic N) is 1. The zero-order valence-electron chi connectivity index (χ0n) is 10.1. The third-order valence-corrected chi connectivity index (χ3v) is 2.72. The first-order valence-electron chi connectivity index (χ1n) is 6.15. The van der Waals surface area contributed by atoms with E-state index in [2.05, 4.69) is 15.0 Å². The van der Waals surface area contributed by atoms with Gasteiger partial charge in [0.1, 0.15) is 6.61 Å². The van der Waals surface area contributed by atoms with Crippen LogP contribution in [0.25, 0.3) is 0 Å². The molecule has 17 heavy (non-hydrogen) atoms. The van der Waals surface area contributed by atoms with Gasteiger partial charge in [0.2, 0.25) is 0 Å². The fourth-order valence-electron chi connectivity index (χ4n) is 1.89. The summed E-state index contributed by atoms with van der Waals surface area (Å²) in [6, 6.07) is 0. The topological polar surface area (TPSA) is 24.5 Å². The minimum Gasteiger partial charge on any atom is -0.371 e. The van der Waals surface area contributed by atoms with Gasteiger partial charge in [0.15, 0.2) is 0 Å². The van der Waals surface area contributed by atoms with E-state index in [1.165, 1.54) is 25.9 Å². The van der Waals surface area contributed by atoms with Gasteiger partial charge in [0.25, 0.3) is 0 Å². The highest BCUT2D eigenvalue weighted by Crippen LogP contribution is 2.13. The molecule has 0 bridgehead atoms. The van der Waals surface area contributed by atoms with Gasteiger partial charge in [-0.3, -0.25) is 0 Å². The SMILES string of the molecule is FC(F)(F)COCCNCCCN1CCCC1. The number of likely N-dealkylation sites (tertiary alicyclic amines) is 1. The summed E-state index contributed by atoms with van der Waals surface area (Å²) in [5.74, 6) is 0. The number of rotatable bonds is 8. The van der Waals surface area contributed by atoms with Crippen LogP contribution in [0.15, 0.2) is 0 Å². The molecule has 0 amide bonds. The second-order valence-corrected chi connectivity index (χ2v) is 4.32. The van der Waals surface area contributed by atoms with Crippen LogP contribution in [0.4, 0.5) is 13.2 Å². The molecule has 0 aromatic rings. The molecule has 0 atom stereocenters. The van der Waals surface area contributed by atoms with Gasteiger partial charge in [-0.05, 0) is 45.4 Å². The second-order valence-electron chi connectivity index (χ2n) is 4.32. The van der Waals surface area contributed by atoms with Crippen molar-refractivity contribution in [1.82, 2.24) is 10.2 Å². The van der Waals surface area contributed by atoms with Crippen molar-refractivity contribution in [3.63, 3.8) is 0 Å². The molecule has 0 saturated carbocycles. The van der Waals surface area contributed by atoms with E-state index in [0.29, 0.717) is 6.54 Å². The predicted octanol–water partition coefficient (Wildman–Crippen LogP) is 1.64. The number of nitrogens with one attached hydrogen (secondary N) is 1. The van der Waals surface area contributed by atoms with E-state index in [4.69, 9.17) is 0 Å². The first-order valence-corrected chi connectivity index (χ1v) is 6.15. The van der Waals surface area contributed by atoms with E-state index >= 15 is 0 Å². The van der Waals surface area contributed by atoms with Gasteiger partial charge in [-0.1, -0.05) is 0 Å². The van der Waals surface area contributed by atoms with Gasteiger partial charge in [-0.15, -0.1) is 0 Å². The van der Waals surface area contributed by atoms with Crippen LogP contribution in [0.2, 0.25) is 0 Å². The van der Waals surface area contributed by atoms with Crippen LogP contribution in [0.3, 0.4) is 0 Å². The molecule has 0 aliphatic carbocycles. The molecule has 0 radical (unpaired) electrons. The Balaban J connectivity index is 1.78. The molecule has 0 spiro atoms. The predicted molar refractivity (Wildman–Crippen MR) is 60.0 cm³/mol. The van der Waals surface area contributed by atoms with E-state index in [0.717, 1.165) is 19.5 Å². The Morgan fingerprint density at radius 3 is 2.47 bits per heavy atom. The van der Waals surface area contributed by atoms with Crippen LogP contribution in [-0.2, 0) is 4.74 Å². The normalized spacial score (nSPS) is 17.8. The zero-order valence-corrected chi connectivity index (χ0v) is 10.1. The van der Waals surface area contributed by atoms with E-state index in [-0.39, 0.29) is 6.61 Å². The number of ether oxygens (including phenoxy) is 1. The van der Waals surface area contributed by atoms with Crippen molar-refractivity contribution in [3.8, 4) is 0 Å². The van der Waals surface area contributed by atoms with Crippen LogP contribution >= 0.6 is 0 Å². The highest BCUT2D eigenvalue weighted by Gasteiger charge is 2.27. The average Bonchev–Trinajstić information content (AvgIpc) is 2.73. The molecule has 6 heteroatoms. The standard InChI is InChI=1S/C11H21F3N2O/c12-11(13,14)10-17-9-5-15-4-3-8-16-6-1-2-7-16/h15H,1-10H2. The smallest absolute Gasteiger partial charge is 0.371 e. The minimum atomic E-state index is -4.21. The Labute approximate surface area is 100 Å².